The second-order valence-corrected chi connectivity index (χ2v) is 10.2. The van der Waals surface area contributed by atoms with Crippen molar-refractivity contribution < 1.29 is 4.79 Å². The van der Waals surface area contributed by atoms with Crippen molar-refractivity contribution in [3.8, 4) is 0 Å². The van der Waals surface area contributed by atoms with Crippen molar-refractivity contribution in [2.24, 2.45) is 11.0 Å². The first-order valence-electron chi connectivity index (χ1n) is 9.87. The molecule has 154 valence electrons. The van der Waals surface area contributed by atoms with Crippen LogP contribution in [0.5, 0.6) is 0 Å². The van der Waals surface area contributed by atoms with Crippen LogP contribution in [0.3, 0.4) is 0 Å². The number of aryl methyl sites for hydroxylation is 3. The summed E-state index contributed by atoms with van der Waals surface area (Å²) in [5, 5.41) is 6.66. The number of hydrogen-bond donors (Lipinski definition) is 0. The maximum Gasteiger partial charge on any atom is 0.286 e. The van der Waals surface area contributed by atoms with E-state index in [0.29, 0.717) is 4.88 Å². The molecule has 0 spiro atoms. The number of fused-ring (bicyclic) bond motifs is 1. The highest BCUT2D eigenvalue weighted by atomic mass is 32.1. The van der Waals surface area contributed by atoms with Crippen LogP contribution in [0.4, 0.5) is 0 Å². The summed E-state index contributed by atoms with van der Waals surface area (Å²) in [4.78, 5) is 29.6. The van der Waals surface area contributed by atoms with Gasteiger partial charge in [0.2, 0.25) is 0 Å². The molecule has 2 atom stereocenters. The van der Waals surface area contributed by atoms with E-state index in [1.165, 1.54) is 21.8 Å². The molecule has 30 heavy (non-hydrogen) atoms. The van der Waals surface area contributed by atoms with E-state index >= 15 is 0 Å². The monoisotopic (exact) mass is 455 g/mol. The van der Waals surface area contributed by atoms with Crippen molar-refractivity contribution in [1.29, 1.82) is 0 Å². The summed E-state index contributed by atoms with van der Waals surface area (Å²) >= 11 is 4.65. The van der Waals surface area contributed by atoms with E-state index in [9.17, 15) is 4.79 Å². The molecule has 3 aromatic rings. The Morgan fingerprint density at radius 3 is 2.43 bits per heavy atom. The highest BCUT2D eigenvalue weighted by molar-refractivity contribution is 7.12. The largest absolute Gasteiger partial charge is 0.286 e. The van der Waals surface area contributed by atoms with Crippen LogP contribution in [0, 0.1) is 26.7 Å². The predicted molar refractivity (Wildman–Crippen MR) is 122 cm³/mol. The van der Waals surface area contributed by atoms with Crippen LogP contribution in [0.2, 0.25) is 0 Å². The van der Waals surface area contributed by atoms with E-state index in [1.54, 1.807) is 33.2 Å². The van der Waals surface area contributed by atoms with Crippen LogP contribution in [0.15, 0.2) is 27.2 Å². The molecule has 1 aliphatic carbocycles. The van der Waals surface area contributed by atoms with Crippen molar-refractivity contribution in [3.05, 3.63) is 53.8 Å². The van der Waals surface area contributed by atoms with Gasteiger partial charge < -0.3 is 0 Å². The van der Waals surface area contributed by atoms with Crippen LogP contribution in [-0.2, 0) is 0 Å². The molecule has 1 amide bonds. The zero-order valence-corrected chi connectivity index (χ0v) is 19.4. The molecule has 6 nitrogen and oxygen atoms in total. The van der Waals surface area contributed by atoms with Crippen molar-refractivity contribution in [3.63, 3.8) is 0 Å². The first-order valence-corrected chi connectivity index (χ1v) is 12.5. The molecule has 9 heteroatoms. The van der Waals surface area contributed by atoms with Gasteiger partial charge >= 0.3 is 0 Å². The van der Waals surface area contributed by atoms with Gasteiger partial charge in [0.25, 0.3) is 5.91 Å². The zero-order valence-electron chi connectivity index (χ0n) is 17.0. The van der Waals surface area contributed by atoms with E-state index in [2.05, 4.69) is 21.0 Å². The second-order valence-electron chi connectivity index (χ2n) is 7.62. The second kappa shape index (κ2) is 7.79. The van der Waals surface area contributed by atoms with Crippen LogP contribution >= 0.6 is 34.0 Å². The minimum absolute atomic E-state index is 0.0666. The standard InChI is InChI=1S/C21H21N5OS3/c1-11-16(28-8-22-11)7-14-5-4-6-15-17(14)25-26(18(15)19-12(2)23-9-29-19)21(27)20-13(3)24-10-30-20/h7-10,15,18H,4-6H2,1-3H3/b14-7+/t15-,18-/m1/s1. The van der Waals surface area contributed by atoms with E-state index in [4.69, 9.17) is 5.10 Å². The third-order valence-electron chi connectivity index (χ3n) is 5.79. The van der Waals surface area contributed by atoms with Gasteiger partial charge in [-0.3, -0.25) is 4.79 Å². The Balaban J connectivity index is 1.61. The fraction of sp³-hybridized carbons (Fsp3) is 0.381. The topological polar surface area (TPSA) is 71.3 Å². The fourth-order valence-corrected chi connectivity index (χ4v) is 6.68. The average Bonchev–Trinajstić information content (AvgIpc) is 3.50. The van der Waals surface area contributed by atoms with E-state index in [-0.39, 0.29) is 17.9 Å². The SMILES string of the molecule is Cc1ncsc1/C=C1\CCC[C@@H]2C1=NN(C(=O)c1scnc1C)[C@H]2c1scnc1C. The van der Waals surface area contributed by atoms with Gasteiger partial charge in [0.1, 0.15) is 10.9 Å². The Labute approximate surface area is 187 Å². The van der Waals surface area contributed by atoms with Gasteiger partial charge in [0, 0.05) is 5.92 Å². The minimum atomic E-state index is -0.104. The number of nitrogens with zero attached hydrogens (tertiary/aromatic N) is 5. The summed E-state index contributed by atoms with van der Waals surface area (Å²) in [6.07, 6.45) is 5.30. The lowest BCUT2D eigenvalue weighted by molar-refractivity contribution is 0.0687. The Morgan fingerprint density at radius 2 is 1.77 bits per heavy atom. The number of thiazole rings is 3. The summed E-state index contributed by atoms with van der Waals surface area (Å²) in [6, 6.07) is -0.104. The number of carbonyl (C=O) groups excluding carboxylic acids is 1. The molecule has 0 unspecified atom stereocenters. The lowest BCUT2D eigenvalue weighted by Crippen LogP contribution is -2.31. The predicted octanol–water partition coefficient (Wildman–Crippen LogP) is 5.42. The third kappa shape index (κ3) is 3.25. The van der Waals surface area contributed by atoms with Gasteiger partial charge in [0.05, 0.1) is 49.1 Å². The number of aromatic nitrogens is 3. The molecule has 0 bridgehead atoms. The van der Waals surface area contributed by atoms with E-state index in [0.717, 1.165) is 46.9 Å². The third-order valence-corrected chi connectivity index (χ3v) is 8.58. The first kappa shape index (κ1) is 19.7. The van der Waals surface area contributed by atoms with Gasteiger partial charge in [0.15, 0.2) is 0 Å². The van der Waals surface area contributed by atoms with Crippen LogP contribution in [-0.4, -0.2) is 31.6 Å². The quantitative estimate of drug-likeness (QED) is 0.529. The highest BCUT2D eigenvalue weighted by Gasteiger charge is 2.45. The Kier molecular flexibility index (Phi) is 5.12. The van der Waals surface area contributed by atoms with E-state index in [1.807, 2.05) is 31.8 Å². The van der Waals surface area contributed by atoms with Crippen molar-refractivity contribution in [2.75, 3.05) is 0 Å². The van der Waals surface area contributed by atoms with Gasteiger partial charge in [-0.05, 0) is 51.7 Å². The Bertz CT molecular complexity index is 1170. The summed E-state index contributed by atoms with van der Waals surface area (Å²) < 4.78 is 0. The first-order chi connectivity index (χ1) is 14.5. The average molecular weight is 456 g/mol. The number of carbonyl (C=O) groups is 1. The number of rotatable bonds is 3. The highest BCUT2D eigenvalue weighted by Crippen LogP contribution is 2.47. The molecular formula is C21H21N5OS3. The smallest absolute Gasteiger partial charge is 0.266 e. The summed E-state index contributed by atoms with van der Waals surface area (Å²) in [6.45, 7) is 5.93. The van der Waals surface area contributed by atoms with Crippen LogP contribution < -0.4 is 0 Å². The number of hydrazone groups is 1. The van der Waals surface area contributed by atoms with Crippen molar-refractivity contribution >= 4 is 51.7 Å². The molecule has 3 aromatic heterocycles. The molecule has 0 aromatic carbocycles. The lowest BCUT2D eigenvalue weighted by atomic mass is 9.79. The molecule has 4 heterocycles. The van der Waals surface area contributed by atoms with Gasteiger partial charge in [-0.15, -0.1) is 34.0 Å². The number of hydrogen-bond acceptors (Lipinski definition) is 8. The molecular weight excluding hydrogens is 434 g/mol. The summed E-state index contributed by atoms with van der Waals surface area (Å²) in [5.41, 5.74) is 10.5. The molecule has 2 aliphatic rings. The Hall–Kier alpha value is -2.23. The zero-order chi connectivity index (χ0) is 20.8. The molecule has 1 aliphatic heterocycles. The van der Waals surface area contributed by atoms with Gasteiger partial charge in [-0.25, -0.2) is 20.0 Å². The molecule has 1 saturated carbocycles. The molecule has 0 saturated heterocycles. The number of allylic oxidation sites excluding steroid dienone is 1. The molecule has 0 radical (unpaired) electrons. The maximum absolute atomic E-state index is 13.5. The van der Waals surface area contributed by atoms with Crippen molar-refractivity contribution in [1.82, 2.24) is 20.0 Å². The lowest BCUT2D eigenvalue weighted by Gasteiger charge is -2.28. The van der Waals surface area contributed by atoms with Crippen LogP contribution in [0.1, 0.15) is 61.8 Å². The summed E-state index contributed by atoms with van der Waals surface area (Å²) in [5.74, 6) is 0.123. The Morgan fingerprint density at radius 1 is 1.03 bits per heavy atom. The fourth-order valence-electron chi connectivity index (χ4n) is 4.24. The van der Waals surface area contributed by atoms with Crippen LogP contribution in [0.25, 0.3) is 6.08 Å². The summed E-state index contributed by atoms with van der Waals surface area (Å²) in [7, 11) is 0. The molecule has 0 N–H and O–H groups in total. The van der Waals surface area contributed by atoms with E-state index < -0.39 is 0 Å². The van der Waals surface area contributed by atoms with Gasteiger partial charge in [-0.2, -0.15) is 5.10 Å². The van der Waals surface area contributed by atoms with Crippen molar-refractivity contribution in [2.45, 2.75) is 46.1 Å². The molecule has 5 rings (SSSR count). The minimum Gasteiger partial charge on any atom is -0.266 e. The normalized spacial score (nSPS) is 22.4. The molecule has 1 fully saturated rings. The van der Waals surface area contributed by atoms with Gasteiger partial charge in [-0.1, -0.05) is 0 Å². The maximum atomic E-state index is 13.5. The number of amides is 1.